The highest BCUT2D eigenvalue weighted by Gasteiger charge is 2.17. The molecule has 0 atom stereocenters. The molecule has 19 heavy (non-hydrogen) atoms. The van der Waals surface area contributed by atoms with Crippen molar-refractivity contribution >= 4 is 44.2 Å². The lowest BCUT2D eigenvalue weighted by Crippen LogP contribution is -1.99. The molecule has 0 spiro atoms. The van der Waals surface area contributed by atoms with Crippen LogP contribution in [0.5, 0.6) is 0 Å². The number of nitrogens with zero attached hydrogens (tertiary/aromatic N) is 4. The van der Waals surface area contributed by atoms with Gasteiger partial charge in [-0.3, -0.25) is 0 Å². The number of thiazole rings is 1. The zero-order valence-electron chi connectivity index (χ0n) is 9.83. The Morgan fingerprint density at radius 3 is 2.95 bits per heavy atom. The first kappa shape index (κ1) is 10.6. The lowest BCUT2D eigenvalue weighted by molar-refractivity contribution is 0.348. The van der Waals surface area contributed by atoms with Crippen molar-refractivity contribution in [3.05, 3.63) is 23.5 Å². The van der Waals surface area contributed by atoms with Crippen molar-refractivity contribution in [2.45, 2.75) is 0 Å². The Hall–Kier alpha value is -2.28. The number of hydrogen-bond acceptors (Lipinski definition) is 7. The average molecular weight is 271 g/mol. The average Bonchev–Trinajstić information content (AvgIpc) is 3.07. The molecule has 0 fully saturated rings. The number of nitrogens with two attached hydrogens (primary N) is 1. The largest absolute Gasteiger partial charge is 0.474 e. The maximum absolute atomic E-state index is 5.95. The predicted molar refractivity (Wildman–Crippen MR) is 74.5 cm³/mol. The Kier molecular flexibility index (Phi) is 2.16. The third kappa shape index (κ3) is 1.55. The summed E-state index contributed by atoms with van der Waals surface area (Å²) in [6.45, 7) is 1.31. The Labute approximate surface area is 112 Å². The molecule has 3 aromatic rings. The van der Waals surface area contributed by atoms with Crippen molar-refractivity contribution in [1.29, 1.82) is 0 Å². The van der Waals surface area contributed by atoms with E-state index in [1.165, 1.54) is 17.7 Å². The smallest absolute Gasteiger partial charge is 0.246 e. The normalized spacial score (nSPS) is 14.8. The fourth-order valence-corrected chi connectivity index (χ4v) is 3.19. The van der Waals surface area contributed by atoms with Crippen LogP contribution in [0.3, 0.4) is 0 Å². The summed E-state index contributed by atoms with van der Waals surface area (Å²) < 4.78 is 6.42. The standard InChI is InChI=1S/C12H9N5OS/c13-10-8-6(15-5-16-10)1-2-7-9(8)19-12(17-7)11-14-3-4-18-11/h1-2,5H,3-4H2,(H2,13,15,16). The Morgan fingerprint density at radius 2 is 2.11 bits per heavy atom. The molecule has 4 rings (SSSR count). The topological polar surface area (TPSA) is 86.3 Å². The summed E-state index contributed by atoms with van der Waals surface area (Å²) in [5, 5.41) is 1.63. The molecule has 1 aliphatic rings. The van der Waals surface area contributed by atoms with Gasteiger partial charge in [-0.15, -0.1) is 11.3 Å². The van der Waals surface area contributed by atoms with Crippen molar-refractivity contribution in [2.24, 2.45) is 4.99 Å². The van der Waals surface area contributed by atoms with Gasteiger partial charge in [-0.05, 0) is 12.1 Å². The molecule has 0 bridgehead atoms. The minimum absolute atomic E-state index is 0.472. The van der Waals surface area contributed by atoms with Crippen LogP contribution >= 0.6 is 11.3 Å². The second-order valence-corrected chi connectivity index (χ2v) is 5.12. The zero-order valence-corrected chi connectivity index (χ0v) is 10.6. The number of fused-ring (bicyclic) bond motifs is 3. The lowest BCUT2D eigenvalue weighted by Gasteiger charge is -1.99. The Balaban J connectivity index is 2.05. The van der Waals surface area contributed by atoms with Crippen molar-refractivity contribution in [1.82, 2.24) is 15.0 Å². The van der Waals surface area contributed by atoms with Gasteiger partial charge in [0.25, 0.3) is 0 Å². The van der Waals surface area contributed by atoms with Crippen LogP contribution < -0.4 is 5.73 Å². The van der Waals surface area contributed by atoms with E-state index in [9.17, 15) is 0 Å². The van der Waals surface area contributed by atoms with Crippen LogP contribution in [0, 0.1) is 0 Å². The maximum Gasteiger partial charge on any atom is 0.246 e. The van der Waals surface area contributed by atoms with Crippen LogP contribution in [0.2, 0.25) is 0 Å². The van der Waals surface area contributed by atoms with Gasteiger partial charge in [-0.1, -0.05) is 0 Å². The van der Waals surface area contributed by atoms with E-state index in [-0.39, 0.29) is 0 Å². The highest BCUT2D eigenvalue weighted by Crippen LogP contribution is 2.32. The molecule has 1 aliphatic heterocycles. The molecule has 6 nitrogen and oxygen atoms in total. The summed E-state index contributed by atoms with van der Waals surface area (Å²) in [4.78, 5) is 17.1. The van der Waals surface area contributed by atoms with Gasteiger partial charge in [0.2, 0.25) is 5.90 Å². The van der Waals surface area contributed by atoms with Gasteiger partial charge >= 0.3 is 0 Å². The molecule has 7 heteroatoms. The fourth-order valence-electron chi connectivity index (χ4n) is 2.11. The molecule has 2 N–H and O–H groups in total. The van der Waals surface area contributed by atoms with Gasteiger partial charge in [0, 0.05) is 0 Å². The highest BCUT2D eigenvalue weighted by atomic mass is 32.1. The number of aromatic nitrogens is 3. The van der Waals surface area contributed by atoms with E-state index < -0.39 is 0 Å². The summed E-state index contributed by atoms with van der Waals surface area (Å²) in [5.74, 6) is 1.09. The lowest BCUT2D eigenvalue weighted by atomic mass is 10.2. The molecule has 94 valence electrons. The van der Waals surface area contributed by atoms with Crippen molar-refractivity contribution < 1.29 is 4.74 Å². The zero-order chi connectivity index (χ0) is 12.8. The number of rotatable bonds is 1. The van der Waals surface area contributed by atoms with Crippen LogP contribution in [-0.4, -0.2) is 34.0 Å². The van der Waals surface area contributed by atoms with E-state index in [0.29, 0.717) is 24.9 Å². The number of nitrogen functional groups attached to an aromatic ring is 1. The Morgan fingerprint density at radius 1 is 1.21 bits per heavy atom. The van der Waals surface area contributed by atoms with E-state index in [2.05, 4.69) is 19.9 Å². The van der Waals surface area contributed by atoms with E-state index in [1.807, 2.05) is 12.1 Å². The molecule has 3 heterocycles. The molecule has 1 aromatic carbocycles. The van der Waals surface area contributed by atoms with Gasteiger partial charge < -0.3 is 10.5 Å². The number of hydrogen-bond donors (Lipinski definition) is 1. The number of anilines is 1. The summed E-state index contributed by atoms with van der Waals surface area (Å²) in [6.07, 6.45) is 1.47. The highest BCUT2D eigenvalue weighted by molar-refractivity contribution is 7.21. The molecule has 0 saturated heterocycles. The van der Waals surface area contributed by atoms with Crippen LogP contribution in [0.25, 0.3) is 21.1 Å². The molecule has 0 unspecified atom stereocenters. The van der Waals surface area contributed by atoms with Gasteiger partial charge in [-0.2, -0.15) is 0 Å². The number of ether oxygens (including phenoxy) is 1. The number of benzene rings is 1. The van der Waals surface area contributed by atoms with E-state index >= 15 is 0 Å². The molecule has 2 aromatic heterocycles. The molecule has 0 aliphatic carbocycles. The van der Waals surface area contributed by atoms with E-state index in [4.69, 9.17) is 10.5 Å². The maximum atomic E-state index is 5.95. The fraction of sp³-hybridized carbons (Fsp3) is 0.167. The van der Waals surface area contributed by atoms with Gasteiger partial charge in [0.05, 0.1) is 27.7 Å². The quantitative estimate of drug-likeness (QED) is 0.726. The Bertz CT molecular complexity index is 825. The molecule has 0 radical (unpaired) electrons. The number of aliphatic imine (C=N–C) groups is 1. The van der Waals surface area contributed by atoms with Gasteiger partial charge in [0.15, 0.2) is 5.01 Å². The van der Waals surface area contributed by atoms with Crippen LogP contribution in [-0.2, 0) is 4.74 Å². The summed E-state index contributed by atoms with van der Waals surface area (Å²) >= 11 is 1.51. The SMILES string of the molecule is Nc1ncnc2ccc3nc(C4=NCCO4)sc3c12. The monoisotopic (exact) mass is 271 g/mol. The third-order valence-corrected chi connectivity index (χ3v) is 4.03. The second kappa shape index (κ2) is 3.86. The molecular formula is C12H9N5OS. The summed E-state index contributed by atoms with van der Waals surface area (Å²) in [7, 11) is 0. The summed E-state index contributed by atoms with van der Waals surface area (Å²) in [5.41, 5.74) is 7.64. The third-order valence-electron chi connectivity index (χ3n) is 2.95. The van der Waals surface area contributed by atoms with E-state index in [0.717, 1.165) is 26.1 Å². The van der Waals surface area contributed by atoms with Gasteiger partial charge in [0.1, 0.15) is 18.8 Å². The first-order valence-corrected chi connectivity index (χ1v) is 6.62. The van der Waals surface area contributed by atoms with Crippen molar-refractivity contribution in [3.8, 4) is 0 Å². The predicted octanol–water partition coefficient (Wildman–Crippen LogP) is 1.60. The van der Waals surface area contributed by atoms with Crippen molar-refractivity contribution in [2.75, 3.05) is 18.9 Å². The minimum Gasteiger partial charge on any atom is -0.474 e. The molecular weight excluding hydrogens is 262 g/mol. The minimum atomic E-state index is 0.472. The van der Waals surface area contributed by atoms with Crippen molar-refractivity contribution in [3.63, 3.8) is 0 Å². The molecule has 0 amide bonds. The van der Waals surface area contributed by atoms with Crippen LogP contribution in [0.4, 0.5) is 5.82 Å². The first-order chi connectivity index (χ1) is 9.33. The first-order valence-electron chi connectivity index (χ1n) is 5.80. The van der Waals surface area contributed by atoms with Crippen LogP contribution in [0.15, 0.2) is 23.5 Å². The second-order valence-electron chi connectivity index (χ2n) is 4.12. The molecule has 0 saturated carbocycles. The van der Waals surface area contributed by atoms with Gasteiger partial charge in [-0.25, -0.2) is 19.9 Å². The van der Waals surface area contributed by atoms with Crippen LogP contribution in [0.1, 0.15) is 5.01 Å². The van der Waals surface area contributed by atoms with E-state index in [1.54, 1.807) is 0 Å². The summed E-state index contributed by atoms with van der Waals surface area (Å²) in [6, 6.07) is 3.83.